The molecule has 5 heteroatoms. The van der Waals surface area contributed by atoms with Gasteiger partial charge in [0, 0.05) is 6.42 Å². The summed E-state index contributed by atoms with van der Waals surface area (Å²) in [6, 6.07) is 0. The minimum atomic E-state index is -2.88. The highest BCUT2D eigenvalue weighted by atomic mass is 16.6. The number of hydrogen-bond donors (Lipinski definition) is 5. The minimum Gasteiger partial charge on any atom is -0.384 e. The molecule has 0 saturated heterocycles. The maximum absolute atomic E-state index is 9.60. The third-order valence-corrected chi connectivity index (χ3v) is 2.75. The molecule has 0 aliphatic heterocycles. The molecule has 1 rings (SSSR count). The smallest absolute Gasteiger partial charge is 0.247 e. The molecule has 5 N–H and O–H groups in total. The summed E-state index contributed by atoms with van der Waals surface area (Å²) in [6.45, 7) is 1.18. The zero-order chi connectivity index (χ0) is 10.3. The number of aliphatic hydroxyl groups is 5. The van der Waals surface area contributed by atoms with E-state index in [1.54, 1.807) is 0 Å². The van der Waals surface area contributed by atoms with Crippen molar-refractivity contribution < 1.29 is 25.5 Å². The van der Waals surface area contributed by atoms with Gasteiger partial charge < -0.3 is 25.5 Å². The maximum atomic E-state index is 9.60. The van der Waals surface area contributed by atoms with Crippen LogP contribution in [0.2, 0.25) is 0 Å². The molecule has 0 aromatic carbocycles. The van der Waals surface area contributed by atoms with Crippen molar-refractivity contribution in [3.8, 4) is 0 Å². The van der Waals surface area contributed by atoms with E-state index < -0.39 is 17.2 Å². The molecule has 0 heterocycles. The van der Waals surface area contributed by atoms with Crippen molar-refractivity contribution >= 4 is 0 Å². The molecule has 78 valence electrons. The van der Waals surface area contributed by atoms with Crippen molar-refractivity contribution in [1.82, 2.24) is 0 Å². The van der Waals surface area contributed by atoms with Gasteiger partial charge in [-0.1, -0.05) is 6.42 Å². The third kappa shape index (κ3) is 1.58. The Kier molecular flexibility index (Phi) is 2.42. The summed E-state index contributed by atoms with van der Waals surface area (Å²) in [6.07, 6.45) is 0.934. The van der Waals surface area contributed by atoms with Crippen molar-refractivity contribution in [2.45, 2.75) is 49.8 Å². The Bertz CT molecular complexity index is 177. The van der Waals surface area contributed by atoms with Crippen LogP contribution in [0.5, 0.6) is 0 Å². The monoisotopic (exact) mass is 192 g/mol. The Labute approximate surface area is 76.3 Å². The molecular weight excluding hydrogens is 176 g/mol. The summed E-state index contributed by atoms with van der Waals surface area (Å²) in [5, 5.41) is 47.1. The highest BCUT2D eigenvalue weighted by Gasteiger charge is 2.59. The fourth-order valence-corrected chi connectivity index (χ4v) is 1.62. The van der Waals surface area contributed by atoms with Gasteiger partial charge in [0.1, 0.15) is 5.60 Å². The quantitative estimate of drug-likeness (QED) is 0.242. The Morgan fingerprint density at radius 3 is 1.85 bits per heavy atom. The molecule has 0 aromatic rings. The van der Waals surface area contributed by atoms with Gasteiger partial charge in [0.15, 0.2) is 0 Å². The normalized spacial score (nSPS) is 38.3. The van der Waals surface area contributed by atoms with Gasteiger partial charge in [-0.3, -0.25) is 0 Å². The van der Waals surface area contributed by atoms with Crippen molar-refractivity contribution in [1.29, 1.82) is 0 Å². The van der Waals surface area contributed by atoms with E-state index in [0.717, 1.165) is 0 Å². The number of hydrogen-bond acceptors (Lipinski definition) is 5. The molecule has 1 fully saturated rings. The molecule has 1 atom stereocenters. The Hall–Kier alpha value is -0.200. The third-order valence-electron chi connectivity index (χ3n) is 2.75. The topological polar surface area (TPSA) is 101 Å². The highest BCUT2D eigenvalue weighted by molar-refractivity contribution is 4.99. The SMILES string of the molecule is CC1(O)CCCCC(O)(O)C1(O)O. The highest BCUT2D eigenvalue weighted by Crippen LogP contribution is 2.38. The predicted molar refractivity (Wildman–Crippen MR) is 43.4 cm³/mol. The zero-order valence-corrected chi connectivity index (χ0v) is 7.56. The van der Waals surface area contributed by atoms with E-state index in [-0.39, 0.29) is 12.8 Å². The lowest BCUT2D eigenvalue weighted by molar-refractivity contribution is -0.404. The molecule has 1 saturated carbocycles. The van der Waals surface area contributed by atoms with Gasteiger partial charge >= 0.3 is 0 Å². The average Bonchev–Trinajstić information content (AvgIpc) is 2.01. The number of rotatable bonds is 0. The fourth-order valence-electron chi connectivity index (χ4n) is 1.62. The van der Waals surface area contributed by atoms with E-state index in [1.165, 1.54) is 6.92 Å². The van der Waals surface area contributed by atoms with Crippen LogP contribution in [0.3, 0.4) is 0 Å². The van der Waals surface area contributed by atoms with Gasteiger partial charge in [0.25, 0.3) is 0 Å². The second-order valence-electron chi connectivity index (χ2n) is 3.97. The Morgan fingerprint density at radius 1 is 0.846 bits per heavy atom. The van der Waals surface area contributed by atoms with Gasteiger partial charge in [-0.2, -0.15) is 0 Å². The molecule has 0 spiro atoms. The lowest BCUT2D eigenvalue weighted by Crippen LogP contribution is -2.66. The first-order chi connectivity index (χ1) is 5.71. The predicted octanol–water partition coefficient (Wildman–Crippen LogP) is -1.33. The summed E-state index contributed by atoms with van der Waals surface area (Å²) in [7, 11) is 0. The summed E-state index contributed by atoms with van der Waals surface area (Å²) >= 11 is 0. The van der Waals surface area contributed by atoms with Gasteiger partial charge in [-0.15, -0.1) is 0 Å². The maximum Gasteiger partial charge on any atom is 0.247 e. The molecule has 0 amide bonds. The lowest BCUT2D eigenvalue weighted by Gasteiger charge is -2.42. The van der Waals surface area contributed by atoms with Crippen LogP contribution in [-0.4, -0.2) is 42.7 Å². The van der Waals surface area contributed by atoms with Crippen LogP contribution in [0.25, 0.3) is 0 Å². The first-order valence-corrected chi connectivity index (χ1v) is 4.33. The van der Waals surface area contributed by atoms with E-state index in [9.17, 15) is 25.5 Å². The van der Waals surface area contributed by atoms with Crippen molar-refractivity contribution in [2.75, 3.05) is 0 Å². The summed E-state index contributed by atoms with van der Waals surface area (Å²) < 4.78 is 0. The molecule has 5 nitrogen and oxygen atoms in total. The fraction of sp³-hybridized carbons (Fsp3) is 1.00. The first kappa shape index (κ1) is 10.9. The van der Waals surface area contributed by atoms with Crippen LogP contribution in [0.1, 0.15) is 32.6 Å². The minimum absolute atomic E-state index is 0.128. The van der Waals surface area contributed by atoms with Crippen LogP contribution >= 0.6 is 0 Å². The standard InChI is InChI=1S/C8H16O5/c1-6(9)4-2-3-5-7(10,11)8(6,12)13/h9-13H,2-5H2,1H3. The van der Waals surface area contributed by atoms with Crippen molar-refractivity contribution in [2.24, 2.45) is 0 Å². The van der Waals surface area contributed by atoms with Crippen LogP contribution < -0.4 is 0 Å². The van der Waals surface area contributed by atoms with E-state index in [2.05, 4.69) is 0 Å². The van der Waals surface area contributed by atoms with Crippen LogP contribution in [-0.2, 0) is 0 Å². The Morgan fingerprint density at radius 2 is 1.31 bits per heavy atom. The van der Waals surface area contributed by atoms with E-state index >= 15 is 0 Å². The first-order valence-electron chi connectivity index (χ1n) is 4.33. The van der Waals surface area contributed by atoms with Crippen LogP contribution in [0.4, 0.5) is 0 Å². The van der Waals surface area contributed by atoms with E-state index in [0.29, 0.717) is 12.8 Å². The molecule has 0 bridgehead atoms. The van der Waals surface area contributed by atoms with Gasteiger partial charge in [0.05, 0.1) is 0 Å². The van der Waals surface area contributed by atoms with Crippen molar-refractivity contribution in [3.63, 3.8) is 0 Å². The molecule has 1 aliphatic rings. The average molecular weight is 192 g/mol. The molecular formula is C8H16O5. The Balaban J connectivity index is 3.03. The molecule has 13 heavy (non-hydrogen) atoms. The molecule has 1 unspecified atom stereocenters. The van der Waals surface area contributed by atoms with Crippen LogP contribution in [0.15, 0.2) is 0 Å². The van der Waals surface area contributed by atoms with Gasteiger partial charge in [0.2, 0.25) is 11.6 Å². The van der Waals surface area contributed by atoms with Crippen LogP contribution in [0, 0.1) is 0 Å². The molecule has 0 radical (unpaired) electrons. The lowest BCUT2D eigenvalue weighted by atomic mass is 9.86. The van der Waals surface area contributed by atoms with E-state index in [1.807, 2.05) is 0 Å². The van der Waals surface area contributed by atoms with E-state index in [4.69, 9.17) is 0 Å². The molecule has 1 aliphatic carbocycles. The van der Waals surface area contributed by atoms with Gasteiger partial charge in [-0.05, 0) is 19.8 Å². The second-order valence-corrected chi connectivity index (χ2v) is 3.97. The summed E-state index contributed by atoms with van der Waals surface area (Å²) in [5.74, 6) is -5.52. The van der Waals surface area contributed by atoms with Gasteiger partial charge in [-0.25, -0.2) is 0 Å². The zero-order valence-electron chi connectivity index (χ0n) is 7.56. The largest absolute Gasteiger partial charge is 0.384 e. The second kappa shape index (κ2) is 2.90. The molecule has 0 aromatic heterocycles. The summed E-state index contributed by atoms with van der Waals surface area (Å²) in [5.41, 5.74) is -1.90. The summed E-state index contributed by atoms with van der Waals surface area (Å²) in [4.78, 5) is 0. The van der Waals surface area contributed by atoms with Crippen molar-refractivity contribution in [3.05, 3.63) is 0 Å².